The van der Waals surface area contributed by atoms with Gasteiger partial charge >= 0.3 is 0 Å². The summed E-state index contributed by atoms with van der Waals surface area (Å²) in [7, 11) is 0. The van der Waals surface area contributed by atoms with Gasteiger partial charge in [0.2, 0.25) is 0 Å². The van der Waals surface area contributed by atoms with Crippen LogP contribution < -0.4 is 5.73 Å². The molecular weight excluding hydrogens is 236 g/mol. The molecule has 0 saturated carbocycles. The minimum Gasteiger partial charge on any atom is -0.375 e. The first kappa shape index (κ1) is 11.9. The number of nitrogens with two attached hydrogens (primary N) is 1. The van der Waals surface area contributed by atoms with E-state index < -0.39 is 0 Å². The molecule has 0 unspecified atom stereocenters. The van der Waals surface area contributed by atoms with Gasteiger partial charge in [0.25, 0.3) is 5.91 Å². The number of thiazole rings is 1. The van der Waals surface area contributed by atoms with Crippen LogP contribution in [0, 0.1) is 16.7 Å². The van der Waals surface area contributed by atoms with Gasteiger partial charge in [0.05, 0.1) is 11.5 Å². The van der Waals surface area contributed by atoms with Crippen molar-refractivity contribution in [2.45, 2.75) is 19.8 Å². The molecule has 1 aliphatic heterocycles. The maximum absolute atomic E-state index is 12.0. The summed E-state index contributed by atoms with van der Waals surface area (Å²) in [6.07, 6.45) is 1.43. The van der Waals surface area contributed by atoms with E-state index in [4.69, 9.17) is 11.0 Å². The van der Waals surface area contributed by atoms with Crippen LogP contribution in [0.15, 0.2) is 5.38 Å². The highest BCUT2D eigenvalue weighted by molar-refractivity contribution is 7.13. The smallest absolute Gasteiger partial charge is 0.273 e. The normalized spacial score (nSPS) is 18.7. The number of carbonyl (C=O) groups is 1. The van der Waals surface area contributed by atoms with Gasteiger partial charge in [0.15, 0.2) is 5.13 Å². The number of aromatic nitrogens is 1. The Morgan fingerprint density at radius 3 is 2.76 bits per heavy atom. The lowest BCUT2D eigenvalue weighted by molar-refractivity contribution is 0.0656. The summed E-state index contributed by atoms with van der Waals surface area (Å²) >= 11 is 1.27. The number of carbonyl (C=O) groups excluding carboxylic acids is 1. The fourth-order valence-electron chi connectivity index (χ4n) is 1.86. The van der Waals surface area contributed by atoms with Gasteiger partial charge in [-0.3, -0.25) is 4.79 Å². The van der Waals surface area contributed by atoms with Gasteiger partial charge in [-0.05, 0) is 19.8 Å². The van der Waals surface area contributed by atoms with E-state index in [0.717, 1.165) is 12.8 Å². The predicted molar refractivity (Wildman–Crippen MR) is 65.4 cm³/mol. The number of piperidine rings is 1. The maximum Gasteiger partial charge on any atom is 0.273 e. The minimum absolute atomic E-state index is 0.0852. The number of nitrogens with zero attached hydrogens (tertiary/aromatic N) is 3. The number of hydrogen-bond donors (Lipinski definition) is 1. The molecule has 17 heavy (non-hydrogen) atoms. The zero-order chi connectivity index (χ0) is 12.5. The fraction of sp³-hybridized carbons (Fsp3) is 0.545. The third-order valence-corrected chi connectivity index (χ3v) is 3.84. The average molecular weight is 250 g/mol. The average Bonchev–Trinajstić information content (AvgIpc) is 2.76. The molecule has 1 aromatic rings. The van der Waals surface area contributed by atoms with Crippen LogP contribution in [0.4, 0.5) is 5.13 Å². The van der Waals surface area contributed by atoms with Crippen molar-refractivity contribution in [3.63, 3.8) is 0 Å². The quantitative estimate of drug-likeness (QED) is 0.818. The first-order valence-electron chi connectivity index (χ1n) is 5.46. The Morgan fingerprint density at radius 2 is 2.29 bits per heavy atom. The number of nitriles is 1. The first-order chi connectivity index (χ1) is 8.04. The summed E-state index contributed by atoms with van der Waals surface area (Å²) in [4.78, 5) is 17.8. The van der Waals surface area contributed by atoms with Crippen LogP contribution in [0.5, 0.6) is 0 Å². The standard InChI is InChI=1S/C11H14N4OS/c1-11(7-12)2-4-15(5-3-11)9(16)8-6-17-10(13)14-8/h6H,2-5H2,1H3,(H2,13,14). The van der Waals surface area contributed by atoms with Gasteiger partial charge in [0.1, 0.15) is 5.69 Å². The van der Waals surface area contributed by atoms with Gasteiger partial charge in [-0.15, -0.1) is 11.3 Å². The molecule has 0 radical (unpaired) electrons. The van der Waals surface area contributed by atoms with Crippen LogP contribution in [-0.4, -0.2) is 28.9 Å². The summed E-state index contributed by atoms with van der Waals surface area (Å²) in [6.45, 7) is 3.16. The molecule has 1 fully saturated rings. The van der Waals surface area contributed by atoms with Crippen LogP contribution in [0.2, 0.25) is 0 Å². The zero-order valence-corrected chi connectivity index (χ0v) is 10.5. The Bertz CT molecular complexity index is 468. The highest BCUT2D eigenvalue weighted by Crippen LogP contribution is 2.30. The fourth-order valence-corrected chi connectivity index (χ4v) is 2.40. The van der Waals surface area contributed by atoms with E-state index >= 15 is 0 Å². The number of rotatable bonds is 1. The Kier molecular flexibility index (Phi) is 3.03. The monoisotopic (exact) mass is 250 g/mol. The van der Waals surface area contributed by atoms with Crippen LogP contribution in [0.25, 0.3) is 0 Å². The van der Waals surface area contributed by atoms with Gasteiger partial charge in [-0.1, -0.05) is 0 Å². The molecule has 1 amide bonds. The number of amides is 1. The first-order valence-corrected chi connectivity index (χ1v) is 6.33. The highest BCUT2D eigenvalue weighted by Gasteiger charge is 2.32. The van der Waals surface area contributed by atoms with Crippen molar-refractivity contribution in [2.24, 2.45) is 5.41 Å². The second-order valence-electron chi connectivity index (χ2n) is 4.54. The summed E-state index contributed by atoms with van der Waals surface area (Å²) in [5, 5.41) is 11.1. The summed E-state index contributed by atoms with van der Waals surface area (Å²) < 4.78 is 0. The van der Waals surface area contributed by atoms with Crippen LogP contribution >= 0.6 is 11.3 Å². The lowest BCUT2D eigenvalue weighted by Crippen LogP contribution is -2.41. The second kappa shape index (κ2) is 4.34. The third-order valence-electron chi connectivity index (χ3n) is 3.17. The minimum atomic E-state index is -0.294. The Morgan fingerprint density at radius 1 is 1.65 bits per heavy atom. The second-order valence-corrected chi connectivity index (χ2v) is 5.43. The number of hydrogen-bond acceptors (Lipinski definition) is 5. The van der Waals surface area contributed by atoms with E-state index in [2.05, 4.69) is 11.1 Å². The molecule has 5 nitrogen and oxygen atoms in total. The SMILES string of the molecule is CC1(C#N)CCN(C(=O)c2csc(N)n2)CC1. The topological polar surface area (TPSA) is 83.0 Å². The molecule has 6 heteroatoms. The van der Waals surface area contributed by atoms with Crippen LogP contribution in [0.1, 0.15) is 30.3 Å². The Labute approximate surface area is 104 Å². The van der Waals surface area contributed by atoms with E-state index in [1.54, 1.807) is 10.3 Å². The Hall–Kier alpha value is -1.61. The Balaban J connectivity index is 2.02. The van der Waals surface area contributed by atoms with Gasteiger partial charge in [0, 0.05) is 18.5 Å². The molecule has 90 valence electrons. The molecule has 0 atom stereocenters. The molecule has 0 spiro atoms. The van der Waals surface area contributed by atoms with Crippen molar-refractivity contribution in [2.75, 3.05) is 18.8 Å². The molecule has 1 aliphatic rings. The molecule has 2 N–H and O–H groups in total. The van der Waals surface area contributed by atoms with E-state index in [1.165, 1.54) is 11.3 Å². The summed E-state index contributed by atoms with van der Waals surface area (Å²) in [5.74, 6) is -0.0852. The van der Waals surface area contributed by atoms with E-state index in [0.29, 0.717) is 23.9 Å². The van der Waals surface area contributed by atoms with Crippen molar-refractivity contribution in [3.05, 3.63) is 11.1 Å². The molecule has 0 aromatic carbocycles. The van der Waals surface area contributed by atoms with E-state index in [9.17, 15) is 4.79 Å². The summed E-state index contributed by atoms with van der Waals surface area (Å²) in [5.41, 5.74) is 5.62. The maximum atomic E-state index is 12.0. The molecule has 1 aromatic heterocycles. The zero-order valence-electron chi connectivity index (χ0n) is 9.64. The number of nitrogen functional groups attached to an aromatic ring is 1. The number of likely N-dealkylation sites (tertiary alicyclic amines) is 1. The van der Waals surface area contributed by atoms with Crippen molar-refractivity contribution >= 4 is 22.4 Å². The van der Waals surface area contributed by atoms with Crippen molar-refractivity contribution in [1.82, 2.24) is 9.88 Å². The lowest BCUT2D eigenvalue weighted by atomic mass is 9.82. The van der Waals surface area contributed by atoms with Gasteiger partial charge in [-0.25, -0.2) is 4.98 Å². The molecule has 0 bridgehead atoms. The van der Waals surface area contributed by atoms with Gasteiger partial charge in [-0.2, -0.15) is 5.26 Å². The van der Waals surface area contributed by atoms with Gasteiger partial charge < -0.3 is 10.6 Å². The van der Waals surface area contributed by atoms with Crippen LogP contribution in [0.3, 0.4) is 0 Å². The van der Waals surface area contributed by atoms with Crippen molar-refractivity contribution in [3.8, 4) is 6.07 Å². The predicted octanol–water partition coefficient (Wildman–Crippen LogP) is 1.49. The summed E-state index contributed by atoms with van der Waals surface area (Å²) in [6, 6.07) is 2.31. The van der Waals surface area contributed by atoms with E-state index in [-0.39, 0.29) is 11.3 Å². The molecule has 2 rings (SSSR count). The third kappa shape index (κ3) is 2.39. The molecule has 0 aliphatic carbocycles. The molecule has 1 saturated heterocycles. The molecular formula is C11H14N4OS. The number of anilines is 1. The van der Waals surface area contributed by atoms with Crippen molar-refractivity contribution in [1.29, 1.82) is 5.26 Å². The largest absolute Gasteiger partial charge is 0.375 e. The highest BCUT2D eigenvalue weighted by atomic mass is 32.1. The lowest BCUT2D eigenvalue weighted by Gasteiger charge is -2.34. The molecule has 2 heterocycles. The van der Waals surface area contributed by atoms with E-state index in [1.807, 2.05) is 6.92 Å². The van der Waals surface area contributed by atoms with Crippen LogP contribution in [-0.2, 0) is 0 Å². The van der Waals surface area contributed by atoms with Crippen molar-refractivity contribution < 1.29 is 4.79 Å².